The Kier molecular flexibility index (Phi) is 4.10. The molecule has 0 radical (unpaired) electrons. The molecule has 3 nitrogen and oxygen atoms in total. The zero-order chi connectivity index (χ0) is 14.1. The molecule has 1 aromatic heterocycles. The Hall–Kier alpha value is -0.910. The number of benzene rings is 1. The van der Waals surface area contributed by atoms with E-state index in [-0.39, 0.29) is 6.04 Å². The number of thiazole rings is 1. The lowest BCUT2D eigenvalue weighted by Gasteiger charge is -2.19. The average Bonchev–Trinajstić information content (AvgIpc) is 3.17. The van der Waals surface area contributed by atoms with Gasteiger partial charge in [-0.1, -0.05) is 15.9 Å². The highest BCUT2D eigenvalue weighted by molar-refractivity contribution is 9.10. The lowest BCUT2D eigenvalue weighted by molar-refractivity contribution is 0.413. The van der Waals surface area contributed by atoms with E-state index in [0.717, 1.165) is 20.9 Å². The summed E-state index contributed by atoms with van der Waals surface area (Å²) >= 11 is 5.37. The van der Waals surface area contributed by atoms with Crippen LogP contribution in [0.4, 0.5) is 0 Å². The minimum atomic E-state index is 0.130. The van der Waals surface area contributed by atoms with Gasteiger partial charge < -0.3 is 10.1 Å². The number of rotatable bonds is 5. The number of nitrogens with one attached hydrogen (secondary N) is 1. The van der Waals surface area contributed by atoms with Gasteiger partial charge in [0.2, 0.25) is 0 Å². The monoisotopic (exact) mass is 352 g/mol. The van der Waals surface area contributed by atoms with Crippen molar-refractivity contribution < 1.29 is 4.74 Å². The quantitative estimate of drug-likeness (QED) is 0.880. The second-order valence-electron chi connectivity index (χ2n) is 5.09. The predicted molar refractivity (Wildman–Crippen MR) is 85.5 cm³/mol. The molecular formula is C15H17BrN2OS. The predicted octanol–water partition coefficient (Wildman–Crippen LogP) is 4.06. The van der Waals surface area contributed by atoms with Crippen LogP contribution in [0.5, 0.6) is 5.75 Å². The number of aryl methyl sites for hydroxylation is 1. The first-order chi connectivity index (χ1) is 9.67. The molecule has 106 valence electrons. The van der Waals surface area contributed by atoms with Gasteiger partial charge in [0, 0.05) is 21.6 Å². The molecule has 1 aliphatic carbocycles. The summed E-state index contributed by atoms with van der Waals surface area (Å²) in [5, 5.41) is 6.91. The molecule has 1 unspecified atom stereocenters. The highest BCUT2D eigenvalue weighted by Gasteiger charge is 2.29. The van der Waals surface area contributed by atoms with Crippen molar-refractivity contribution in [1.82, 2.24) is 10.3 Å². The number of methoxy groups -OCH3 is 1. The minimum absolute atomic E-state index is 0.130. The van der Waals surface area contributed by atoms with E-state index >= 15 is 0 Å². The van der Waals surface area contributed by atoms with E-state index in [9.17, 15) is 0 Å². The van der Waals surface area contributed by atoms with E-state index in [0.29, 0.717) is 6.04 Å². The third-order valence-electron chi connectivity index (χ3n) is 3.38. The van der Waals surface area contributed by atoms with Crippen molar-refractivity contribution in [2.75, 3.05) is 7.11 Å². The third-order valence-corrected chi connectivity index (χ3v) is 5.13. The molecule has 0 saturated heterocycles. The Labute approximate surface area is 131 Å². The lowest BCUT2D eigenvalue weighted by atomic mass is 10.1. The molecule has 1 fully saturated rings. The van der Waals surface area contributed by atoms with E-state index in [1.807, 2.05) is 19.1 Å². The number of halogens is 1. The van der Waals surface area contributed by atoms with Crippen LogP contribution in [0.25, 0.3) is 0 Å². The van der Waals surface area contributed by atoms with E-state index in [2.05, 4.69) is 37.7 Å². The van der Waals surface area contributed by atoms with Crippen LogP contribution in [0.2, 0.25) is 0 Å². The molecule has 1 atom stereocenters. The molecule has 1 saturated carbocycles. The molecule has 0 spiro atoms. The SMILES string of the molecule is COc1ccc(Br)c(C(NC2CC2)c2nc(C)cs2)c1. The third kappa shape index (κ3) is 3.05. The van der Waals surface area contributed by atoms with Gasteiger partial charge in [-0.25, -0.2) is 4.98 Å². The fraction of sp³-hybridized carbons (Fsp3) is 0.400. The number of aromatic nitrogens is 1. The van der Waals surface area contributed by atoms with Crippen LogP contribution in [0.15, 0.2) is 28.1 Å². The Morgan fingerprint density at radius 2 is 2.25 bits per heavy atom. The van der Waals surface area contributed by atoms with Crippen molar-refractivity contribution in [1.29, 1.82) is 0 Å². The van der Waals surface area contributed by atoms with Crippen molar-refractivity contribution in [2.24, 2.45) is 0 Å². The van der Waals surface area contributed by atoms with Crippen molar-refractivity contribution in [2.45, 2.75) is 31.8 Å². The molecule has 1 aromatic carbocycles. The molecule has 1 N–H and O–H groups in total. The summed E-state index contributed by atoms with van der Waals surface area (Å²) in [6, 6.07) is 6.83. The molecule has 1 aliphatic rings. The van der Waals surface area contributed by atoms with Crippen molar-refractivity contribution in [3.05, 3.63) is 44.3 Å². The standard InChI is InChI=1S/C15H17BrN2OS/c1-9-8-20-15(17-9)14(18-10-3-4-10)12-7-11(19-2)5-6-13(12)16/h5-8,10,14,18H,3-4H2,1-2H3. The van der Waals surface area contributed by atoms with Gasteiger partial charge >= 0.3 is 0 Å². The molecule has 0 aliphatic heterocycles. The number of hydrogen-bond donors (Lipinski definition) is 1. The van der Waals surface area contributed by atoms with Crippen LogP contribution in [0.1, 0.15) is 35.1 Å². The summed E-state index contributed by atoms with van der Waals surface area (Å²) in [5.74, 6) is 0.874. The number of ether oxygens (including phenoxy) is 1. The second kappa shape index (κ2) is 5.84. The number of hydrogen-bond acceptors (Lipinski definition) is 4. The van der Waals surface area contributed by atoms with E-state index in [1.54, 1.807) is 18.4 Å². The van der Waals surface area contributed by atoms with Gasteiger partial charge in [0.25, 0.3) is 0 Å². The molecular weight excluding hydrogens is 336 g/mol. The van der Waals surface area contributed by atoms with Gasteiger partial charge in [-0.15, -0.1) is 11.3 Å². The van der Waals surface area contributed by atoms with E-state index in [1.165, 1.54) is 18.4 Å². The lowest BCUT2D eigenvalue weighted by Crippen LogP contribution is -2.24. The van der Waals surface area contributed by atoms with Crippen LogP contribution >= 0.6 is 27.3 Å². The smallest absolute Gasteiger partial charge is 0.119 e. The maximum absolute atomic E-state index is 5.36. The Morgan fingerprint density at radius 1 is 1.45 bits per heavy atom. The topological polar surface area (TPSA) is 34.1 Å². The number of nitrogens with zero attached hydrogens (tertiary/aromatic N) is 1. The summed E-state index contributed by atoms with van der Waals surface area (Å²) in [6.07, 6.45) is 2.50. The summed E-state index contributed by atoms with van der Waals surface area (Å²) in [4.78, 5) is 4.66. The highest BCUT2D eigenvalue weighted by Crippen LogP contribution is 2.35. The zero-order valence-electron chi connectivity index (χ0n) is 11.5. The fourth-order valence-corrected chi connectivity index (χ4v) is 3.50. The molecule has 20 heavy (non-hydrogen) atoms. The maximum atomic E-state index is 5.36. The molecule has 0 bridgehead atoms. The molecule has 5 heteroatoms. The van der Waals surface area contributed by atoms with E-state index < -0.39 is 0 Å². The Bertz CT molecular complexity index is 610. The zero-order valence-corrected chi connectivity index (χ0v) is 13.9. The molecule has 2 aromatic rings. The van der Waals surface area contributed by atoms with E-state index in [4.69, 9.17) is 4.74 Å². The molecule has 1 heterocycles. The van der Waals surface area contributed by atoms with Gasteiger partial charge in [-0.3, -0.25) is 0 Å². The van der Waals surface area contributed by atoms with Crippen LogP contribution in [-0.2, 0) is 0 Å². The normalized spacial score (nSPS) is 16.1. The Morgan fingerprint density at radius 3 is 2.85 bits per heavy atom. The van der Waals surface area contributed by atoms with Crippen LogP contribution in [-0.4, -0.2) is 18.1 Å². The first-order valence-corrected chi connectivity index (χ1v) is 8.36. The van der Waals surface area contributed by atoms with Crippen molar-refractivity contribution in [3.8, 4) is 5.75 Å². The first kappa shape index (κ1) is 14.0. The van der Waals surface area contributed by atoms with Gasteiger partial charge in [-0.2, -0.15) is 0 Å². The van der Waals surface area contributed by atoms with Crippen LogP contribution in [0.3, 0.4) is 0 Å². The average molecular weight is 353 g/mol. The summed E-state index contributed by atoms with van der Waals surface area (Å²) < 4.78 is 6.44. The molecule has 0 amide bonds. The van der Waals surface area contributed by atoms with Crippen molar-refractivity contribution in [3.63, 3.8) is 0 Å². The highest BCUT2D eigenvalue weighted by atomic mass is 79.9. The largest absolute Gasteiger partial charge is 0.497 e. The van der Waals surface area contributed by atoms with Crippen LogP contribution in [0, 0.1) is 6.92 Å². The first-order valence-electron chi connectivity index (χ1n) is 6.69. The second-order valence-corrected chi connectivity index (χ2v) is 6.83. The maximum Gasteiger partial charge on any atom is 0.119 e. The summed E-state index contributed by atoms with van der Waals surface area (Å²) in [5.41, 5.74) is 2.26. The fourth-order valence-electron chi connectivity index (χ4n) is 2.15. The van der Waals surface area contributed by atoms with Gasteiger partial charge in [0.15, 0.2) is 0 Å². The van der Waals surface area contributed by atoms with Gasteiger partial charge in [-0.05, 0) is 43.5 Å². The Balaban J connectivity index is 1.99. The van der Waals surface area contributed by atoms with Crippen LogP contribution < -0.4 is 10.1 Å². The van der Waals surface area contributed by atoms with Gasteiger partial charge in [0.1, 0.15) is 10.8 Å². The molecule has 3 rings (SSSR count). The minimum Gasteiger partial charge on any atom is -0.497 e. The van der Waals surface area contributed by atoms with Gasteiger partial charge in [0.05, 0.1) is 13.2 Å². The summed E-state index contributed by atoms with van der Waals surface area (Å²) in [6.45, 7) is 2.04. The summed E-state index contributed by atoms with van der Waals surface area (Å²) in [7, 11) is 1.70. The van der Waals surface area contributed by atoms with Crippen molar-refractivity contribution >= 4 is 27.3 Å².